The largest absolute Gasteiger partial charge is 0.395 e. The summed E-state index contributed by atoms with van der Waals surface area (Å²) in [7, 11) is 0. The fourth-order valence-corrected chi connectivity index (χ4v) is 2.39. The summed E-state index contributed by atoms with van der Waals surface area (Å²) in [5, 5.41) is 9.33. The minimum absolute atomic E-state index is 0.0429. The summed E-state index contributed by atoms with van der Waals surface area (Å²) in [5.74, 6) is -1.12. The number of nitrogen functional groups attached to an aromatic ring is 1. The van der Waals surface area contributed by atoms with Crippen molar-refractivity contribution >= 4 is 11.4 Å². The average molecular weight is 242 g/mol. The van der Waals surface area contributed by atoms with Crippen LogP contribution >= 0.6 is 0 Å². The Labute approximate surface area is 98.8 Å². The van der Waals surface area contributed by atoms with E-state index in [1.807, 2.05) is 6.92 Å². The Morgan fingerprint density at radius 1 is 1.47 bits per heavy atom. The molecule has 94 valence electrons. The van der Waals surface area contributed by atoms with E-state index in [1.54, 1.807) is 4.90 Å². The number of nitrogens with two attached hydrogens (primary N) is 1. The first-order chi connectivity index (χ1) is 8.04. The summed E-state index contributed by atoms with van der Waals surface area (Å²) in [6.45, 7) is 2.62. The summed E-state index contributed by atoms with van der Waals surface area (Å²) in [6, 6.07) is 1.87. The molecule has 3 nitrogen and oxygen atoms in total. The van der Waals surface area contributed by atoms with Crippen molar-refractivity contribution in [3.05, 3.63) is 23.8 Å². The van der Waals surface area contributed by atoms with E-state index in [4.69, 9.17) is 5.73 Å². The number of nitrogens with zero attached hydrogens (tertiary/aromatic N) is 1. The second-order valence-corrected chi connectivity index (χ2v) is 4.53. The lowest BCUT2D eigenvalue weighted by Crippen LogP contribution is -2.35. The second kappa shape index (κ2) is 4.49. The maximum absolute atomic E-state index is 13.4. The maximum atomic E-state index is 13.4. The Kier molecular flexibility index (Phi) is 3.19. The number of aliphatic hydroxyl groups is 1. The highest BCUT2D eigenvalue weighted by atomic mass is 19.1. The van der Waals surface area contributed by atoms with E-state index in [0.29, 0.717) is 12.2 Å². The van der Waals surface area contributed by atoms with Gasteiger partial charge in [-0.05, 0) is 18.4 Å². The molecule has 17 heavy (non-hydrogen) atoms. The smallest absolute Gasteiger partial charge is 0.151 e. The molecule has 2 rings (SSSR count). The first kappa shape index (κ1) is 12.1. The molecule has 1 saturated heterocycles. The van der Waals surface area contributed by atoms with Crippen LogP contribution in [0.4, 0.5) is 20.2 Å². The predicted molar refractivity (Wildman–Crippen MR) is 62.8 cm³/mol. The molecule has 1 aliphatic heterocycles. The molecule has 1 fully saturated rings. The van der Waals surface area contributed by atoms with Crippen LogP contribution in [0.15, 0.2) is 12.1 Å². The highest BCUT2D eigenvalue weighted by Gasteiger charge is 2.32. The van der Waals surface area contributed by atoms with E-state index in [2.05, 4.69) is 0 Å². The Balaban J connectivity index is 2.40. The molecule has 5 heteroatoms. The monoisotopic (exact) mass is 242 g/mol. The third-order valence-electron chi connectivity index (χ3n) is 3.45. The molecular formula is C12H16F2N2O. The zero-order valence-corrected chi connectivity index (χ0v) is 9.66. The van der Waals surface area contributed by atoms with E-state index in [-0.39, 0.29) is 24.3 Å². The minimum Gasteiger partial charge on any atom is -0.395 e. The number of hydrogen-bond acceptors (Lipinski definition) is 3. The van der Waals surface area contributed by atoms with E-state index in [0.717, 1.165) is 12.5 Å². The van der Waals surface area contributed by atoms with Crippen molar-refractivity contribution in [2.24, 2.45) is 5.92 Å². The van der Waals surface area contributed by atoms with Gasteiger partial charge in [-0.25, -0.2) is 8.78 Å². The highest BCUT2D eigenvalue weighted by molar-refractivity contribution is 5.69. The third kappa shape index (κ3) is 2.07. The quantitative estimate of drug-likeness (QED) is 0.777. The summed E-state index contributed by atoms with van der Waals surface area (Å²) >= 11 is 0. The van der Waals surface area contributed by atoms with Crippen molar-refractivity contribution in [3.63, 3.8) is 0 Å². The van der Waals surface area contributed by atoms with Crippen LogP contribution in [0.5, 0.6) is 0 Å². The van der Waals surface area contributed by atoms with Gasteiger partial charge in [0, 0.05) is 12.6 Å². The van der Waals surface area contributed by atoms with Crippen molar-refractivity contribution in [2.45, 2.75) is 19.4 Å². The molecule has 0 amide bonds. The zero-order chi connectivity index (χ0) is 12.6. The minimum atomic E-state index is -0.753. The van der Waals surface area contributed by atoms with Gasteiger partial charge in [-0.1, -0.05) is 6.92 Å². The van der Waals surface area contributed by atoms with Gasteiger partial charge in [-0.3, -0.25) is 0 Å². The van der Waals surface area contributed by atoms with Crippen LogP contribution in [0.1, 0.15) is 13.3 Å². The number of benzene rings is 1. The Bertz CT molecular complexity index is 425. The molecule has 0 aromatic heterocycles. The van der Waals surface area contributed by atoms with Crippen LogP contribution in [0.2, 0.25) is 0 Å². The predicted octanol–water partition coefficient (Wildman–Crippen LogP) is 1.75. The maximum Gasteiger partial charge on any atom is 0.151 e. The Morgan fingerprint density at radius 3 is 2.82 bits per heavy atom. The standard InChI is InChI=1S/C12H16F2N2O/c1-7-2-3-16(11(7)6-17)10-5-8(13)4-9(14)12(10)15/h4-5,7,11,17H,2-3,6,15H2,1H3. The lowest BCUT2D eigenvalue weighted by Gasteiger charge is -2.28. The van der Waals surface area contributed by atoms with Crippen LogP contribution < -0.4 is 10.6 Å². The van der Waals surface area contributed by atoms with Crippen molar-refractivity contribution < 1.29 is 13.9 Å². The van der Waals surface area contributed by atoms with Gasteiger partial charge < -0.3 is 15.7 Å². The molecule has 0 saturated carbocycles. The van der Waals surface area contributed by atoms with E-state index < -0.39 is 11.6 Å². The van der Waals surface area contributed by atoms with Crippen LogP contribution in [-0.2, 0) is 0 Å². The first-order valence-electron chi connectivity index (χ1n) is 5.66. The van der Waals surface area contributed by atoms with Gasteiger partial charge in [-0.15, -0.1) is 0 Å². The van der Waals surface area contributed by atoms with Gasteiger partial charge in [0.1, 0.15) is 5.82 Å². The highest BCUT2D eigenvalue weighted by Crippen LogP contribution is 2.34. The van der Waals surface area contributed by atoms with Gasteiger partial charge >= 0.3 is 0 Å². The summed E-state index contributed by atoms with van der Waals surface area (Å²) in [6.07, 6.45) is 0.878. The van der Waals surface area contributed by atoms with Crippen molar-refractivity contribution in [3.8, 4) is 0 Å². The molecule has 1 aliphatic rings. The SMILES string of the molecule is CC1CCN(c2cc(F)cc(F)c2N)C1CO. The Morgan fingerprint density at radius 2 is 2.18 bits per heavy atom. The van der Waals surface area contributed by atoms with Crippen LogP contribution in [0.25, 0.3) is 0 Å². The molecule has 2 unspecified atom stereocenters. The molecule has 0 radical (unpaired) electrons. The molecule has 3 N–H and O–H groups in total. The van der Waals surface area contributed by atoms with Crippen LogP contribution in [0.3, 0.4) is 0 Å². The van der Waals surface area contributed by atoms with Gasteiger partial charge in [-0.2, -0.15) is 0 Å². The fraction of sp³-hybridized carbons (Fsp3) is 0.500. The molecule has 1 aromatic carbocycles. The number of rotatable bonds is 2. The molecule has 0 aliphatic carbocycles. The number of anilines is 2. The molecule has 0 spiro atoms. The van der Waals surface area contributed by atoms with E-state index in [9.17, 15) is 13.9 Å². The summed E-state index contributed by atoms with van der Waals surface area (Å²) in [4.78, 5) is 1.78. The van der Waals surface area contributed by atoms with Gasteiger partial charge in [0.05, 0.1) is 24.0 Å². The van der Waals surface area contributed by atoms with Gasteiger partial charge in [0.15, 0.2) is 5.82 Å². The van der Waals surface area contributed by atoms with E-state index in [1.165, 1.54) is 6.07 Å². The molecule has 2 atom stereocenters. The third-order valence-corrected chi connectivity index (χ3v) is 3.45. The topological polar surface area (TPSA) is 49.5 Å². The van der Waals surface area contributed by atoms with Crippen molar-refractivity contribution in [1.29, 1.82) is 0 Å². The van der Waals surface area contributed by atoms with Crippen molar-refractivity contribution in [1.82, 2.24) is 0 Å². The summed E-state index contributed by atoms with van der Waals surface area (Å²) < 4.78 is 26.6. The normalized spacial score (nSPS) is 24.4. The molecule has 1 heterocycles. The fourth-order valence-electron chi connectivity index (χ4n) is 2.39. The number of halogens is 2. The molecular weight excluding hydrogens is 226 g/mol. The van der Waals surface area contributed by atoms with Crippen LogP contribution in [-0.4, -0.2) is 24.3 Å². The van der Waals surface area contributed by atoms with Crippen molar-refractivity contribution in [2.75, 3.05) is 23.8 Å². The molecule has 0 bridgehead atoms. The van der Waals surface area contributed by atoms with Gasteiger partial charge in [0.2, 0.25) is 0 Å². The second-order valence-electron chi connectivity index (χ2n) is 4.53. The lowest BCUT2D eigenvalue weighted by atomic mass is 10.0. The van der Waals surface area contributed by atoms with E-state index >= 15 is 0 Å². The first-order valence-corrected chi connectivity index (χ1v) is 5.66. The van der Waals surface area contributed by atoms with Crippen LogP contribution in [0, 0.1) is 17.6 Å². The van der Waals surface area contributed by atoms with Gasteiger partial charge in [0.25, 0.3) is 0 Å². The molecule has 1 aromatic rings. The lowest BCUT2D eigenvalue weighted by molar-refractivity contribution is 0.244. The number of aliphatic hydroxyl groups excluding tert-OH is 1. The summed E-state index contributed by atoms with van der Waals surface area (Å²) in [5.41, 5.74) is 5.91. The zero-order valence-electron chi connectivity index (χ0n) is 9.66. The number of hydrogen-bond donors (Lipinski definition) is 2. The Hall–Kier alpha value is -1.36. The average Bonchev–Trinajstić information content (AvgIpc) is 2.64.